The molecule has 1 aromatic carbocycles. The number of urea groups is 1. The highest BCUT2D eigenvalue weighted by molar-refractivity contribution is 7.45. The minimum atomic E-state index is -1.03. The van der Waals surface area contributed by atoms with Crippen molar-refractivity contribution in [3.8, 4) is 0 Å². The Bertz CT molecular complexity index is 498. The van der Waals surface area contributed by atoms with Gasteiger partial charge in [-0.1, -0.05) is 34.3 Å². The highest BCUT2D eigenvalue weighted by Crippen LogP contribution is 2.19. The zero-order chi connectivity index (χ0) is 11.7. The molecule has 1 N–H and O–H groups in total. The molecule has 80 valence electrons. The van der Waals surface area contributed by atoms with E-state index < -0.39 is 23.8 Å². The molecule has 0 radical (unpaired) electrons. The van der Waals surface area contributed by atoms with Gasteiger partial charge in [0.1, 0.15) is 0 Å². The summed E-state index contributed by atoms with van der Waals surface area (Å²) in [6.45, 7) is 0. The molecule has 5 nitrogen and oxygen atoms in total. The van der Waals surface area contributed by atoms with Crippen molar-refractivity contribution in [2.75, 3.05) is 0 Å². The molecule has 4 amide bonds. The first-order chi connectivity index (χ1) is 7.61. The van der Waals surface area contributed by atoms with Crippen LogP contribution in [0.2, 0.25) is 0 Å². The van der Waals surface area contributed by atoms with Crippen LogP contribution in [0.15, 0.2) is 30.3 Å². The molecule has 0 aliphatic carbocycles. The van der Waals surface area contributed by atoms with Crippen molar-refractivity contribution in [1.29, 1.82) is 0 Å². The second-order valence-corrected chi connectivity index (χ2v) is 3.64. The average Bonchev–Trinajstić information content (AvgIpc) is 2.28. The summed E-state index contributed by atoms with van der Waals surface area (Å²) in [5.41, 5.74) is 0.521. The maximum atomic E-state index is 11.7. The summed E-state index contributed by atoms with van der Waals surface area (Å²) in [5, 5.41) is 2.03. The zero-order valence-corrected chi connectivity index (χ0v) is 8.86. The molecule has 0 saturated carbocycles. The normalized spacial score (nSPS) is 20.9. The summed E-state index contributed by atoms with van der Waals surface area (Å²) < 4.78 is 0.499. The van der Waals surface area contributed by atoms with Crippen molar-refractivity contribution in [3.63, 3.8) is 0 Å². The molecule has 0 aromatic heterocycles. The molecule has 1 saturated heterocycles. The number of nitrogens with one attached hydrogen (secondary N) is 1. The molecule has 1 fully saturated rings. The van der Waals surface area contributed by atoms with Gasteiger partial charge in [0, 0.05) is 0 Å². The van der Waals surface area contributed by atoms with E-state index in [2.05, 4.69) is 12.4 Å². The van der Waals surface area contributed by atoms with Gasteiger partial charge in [-0.15, -0.1) is 0 Å². The fourth-order valence-electron chi connectivity index (χ4n) is 1.50. The molecule has 0 spiro atoms. The van der Waals surface area contributed by atoms with Gasteiger partial charge in [0.2, 0.25) is 0 Å². The summed E-state index contributed by atoms with van der Waals surface area (Å²) in [6, 6.07) is 7.60. The standard InChI is InChI=1S/C10H6N2O3S/c13-8-7(6-4-2-1-3-5-6)9(14)12(16)10(15)11-8/h1-5,7H/p+1. The smallest absolute Gasteiger partial charge is 0.245 e. The Kier molecular flexibility index (Phi) is 2.57. The van der Waals surface area contributed by atoms with Gasteiger partial charge in [-0.3, -0.25) is 0 Å². The van der Waals surface area contributed by atoms with Crippen LogP contribution in [0.4, 0.5) is 4.79 Å². The van der Waals surface area contributed by atoms with Crippen LogP contribution in [0, 0.1) is 0 Å². The number of hydrogen-bond donors (Lipinski definition) is 1. The van der Waals surface area contributed by atoms with Crippen molar-refractivity contribution >= 4 is 30.3 Å². The molecular weight excluding hydrogens is 228 g/mol. The van der Waals surface area contributed by atoms with Crippen LogP contribution in [0.1, 0.15) is 11.5 Å². The van der Waals surface area contributed by atoms with Crippen LogP contribution >= 0.6 is 0 Å². The molecule has 1 aromatic rings. The van der Waals surface area contributed by atoms with Gasteiger partial charge < -0.3 is 0 Å². The van der Waals surface area contributed by atoms with Gasteiger partial charge in [-0.25, -0.2) is 9.59 Å². The zero-order valence-electron chi connectivity index (χ0n) is 8.04. The quantitative estimate of drug-likeness (QED) is 0.561. The first-order valence-electron chi connectivity index (χ1n) is 4.52. The van der Waals surface area contributed by atoms with Crippen LogP contribution < -0.4 is 5.32 Å². The van der Waals surface area contributed by atoms with Crippen molar-refractivity contribution in [3.05, 3.63) is 35.9 Å². The first-order valence-corrected chi connectivity index (χ1v) is 4.88. The lowest BCUT2D eigenvalue weighted by atomic mass is 9.96. The number of hydrogen-bond acceptors (Lipinski definition) is 4. The molecule has 6 heteroatoms. The summed E-state index contributed by atoms with van der Waals surface area (Å²) in [7, 11) is 0. The molecule has 1 aliphatic heterocycles. The predicted octanol–water partition coefficient (Wildman–Crippen LogP) is 0.290. The van der Waals surface area contributed by atoms with Gasteiger partial charge in [0.05, 0.1) is 0 Å². The van der Waals surface area contributed by atoms with E-state index in [4.69, 9.17) is 0 Å². The van der Waals surface area contributed by atoms with E-state index in [9.17, 15) is 14.4 Å². The highest BCUT2D eigenvalue weighted by atomic mass is 32.1. The highest BCUT2D eigenvalue weighted by Gasteiger charge is 2.46. The summed E-state index contributed by atoms with van der Waals surface area (Å²) >= 11 is 4.58. The average molecular weight is 235 g/mol. The summed E-state index contributed by atoms with van der Waals surface area (Å²) in [5.74, 6) is -2.35. The number of barbiturate groups is 1. The molecule has 1 atom stereocenters. The Morgan fingerprint density at radius 3 is 2.38 bits per heavy atom. The lowest BCUT2D eigenvalue weighted by molar-refractivity contribution is -0.338. The van der Waals surface area contributed by atoms with Crippen LogP contribution in [0.25, 0.3) is 0 Å². The number of rotatable bonds is 1. The third-order valence-electron chi connectivity index (χ3n) is 2.26. The van der Waals surface area contributed by atoms with Crippen molar-refractivity contribution in [2.24, 2.45) is 0 Å². The molecule has 2 rings (SSSR count). The second kappa shape index (κ2) is 3.90. The van der Waals surface area contributed by atoms with Gasteiger partial charge in [-0.2, -0.15) is 10.1 Å². The monoisotopic (exact) mass is 235 g/mol. The van der Waals surface area contributed by atoms with E-state index in [1.54, 1.807) is 30.3 Å². The Morgan fingerprint density at radius 1 is 1.12 bits per heavy atom. The van der Waals surface area contributed by atoms with E-state index in [0.717, 1.165) is 0 Å². The number of benzene rings is 1. The molecule has 1 heterocycles. The van der Waals surface area contributed by atoms with E-state index in [0.29, 0.717) is 9.51 Å². The van der Waals surface area contributed by atoms with Gasteiger partial charge in [0.25, 0.3) is 0 Å². The Hall–Kier alpha value is -1.95. The van der Waals surface area contributed by atoms with Crippen molar-refractivity contribution in [2.45, 2.75) is 5.92 Å². The van der Waals surface area contributed by atoms with Gasteiger partial charge in [-0.05, 0) is 5.56 Å². The van der Waals surface area contributed by atoms with E-state index in [1.165, 1.54) is 0 Å². The van der Waals surface area contributed by atoms with Gasteiger partial charge in [0.15, 0.2) is 18.3 Å². The fourth-order valence-corrected chi connectivity index (χ4v) is 1.65. The Balaban J connectivity index is 2.42. The van der Waals surface area contributed by atoms with Crippen LogP contribution in [0.3, 0.4) is 0 Å². The first kappa shape index (κ1) is 10.6. The minimum Gasteiger partial charge on any atom is -0.245 e. The number of carbonyl (C=O) groups is 3. The van der Waals surface area contributed by atoms with Crippen LogP contribution in [-0.4, -0.2) is 21.8 Å². The second-order valence-electron chi connectivity index (χ2n) is 3.27. The molecule has 0 bridgehead atoms. The summed E-state index contributed by atoms with van der Waals surface area (Å²) in [4.78, 5) is 34.3. The summed E-state index contributed by atoms with van der Waals surface area (Å²) in [6.07, 6.45) is 0. The van der Waals surface area contributed by atoms with E-state index in [1.807, 2.05) is 5.32 Å². The molecular formula is C10H7N2O3S+. The Labute approximate surface area is 96.2 Å². The maximum Gasteiger partial charge on any atom is 0.518 e. The minimum absolute atomic E-state index is 0.499. The third-order valence-corrected chi connectivity index (χ3v) is 2.60. The van der Waals surface area contributed by atoms with E-state index >= 15 is 0 Å². The topological polar surface area (TPSA) is 66.2 Å². The Morgan fingerprint density at radius 2 is 1.75 bits per heavy atom. The maximum absolute atomic E-state index is 11.7. The van der Waals surface area contributed by atoms with Crippen molar-refractivity contribution < 1.29 is 18.3 Å². The van der Waals surface area contributed by atoms with Crippen LogP contribution in [0.5, 0.6) is 0 Å². The SMILES string of the molecule is O=C1NC(=O)[N+](=S)C(=O)C1c1ccccc1. The number of carbonyl (C=O) groups excluding carboxylic acids is 3. The molecule has 1 unspecified atom stereocenters. The lowest BCUT2D eigenvalue weighted by Crippen LogP contribution is -2.51. The third kappa shape index (κ3) is 1.63. The number of imide groups is 2. The molecule has 1 aliphatic rings. The lowest BCUT2D eigenvalue weighted by Gasteiger charge is -2.14. The van der Waals surface area contributed by atoms with Crippen molar-refractivity contribution in [1.82, 2.24) is 5.32 Å². The van der Waals surface area contributed by atoms with E-state index in [-0.39, 0.29) is 0 Å². The molecule has 16 heavy (non-hydrogen) atoms. The van der Waals surface area contributed by atoms with Gasteiger partial charge >= 0.3 is 17.8 Å². The number of nitrogens with zero attached hydrogens (tertiary/aromatic N) is 1. The fraction of sp³-hybridized carbons (Fsp3) is 0.100. The predicted molar refractivity (Wildman–Crippen MR) is 55.4 cm³/mol. The van der Waals surface area contributed by atoms with Crippen LogP contribution in [-0.2, 0) is 22.0 Å². The number of amides is 4. The largest absolute Gasteiger partial charge is 0.518 e.